The van der Waals surface area contributed by atoms with E-state index in [0.717, 1.165) is 33.9 Å². The highest BCUT2D eigenvalue weighted by Gasteiger charge is 2.39. The van der Waals surface area contributed by atoms with E-state index in [9.17, 15) is 8.78 Å². The Labute approximate surface area is 123 Å². The highest BCUT2D eigenvalue weighted by Crippen LogP contribution is 2.41. The number of halogens is 3. The van der Waals surface area contributed by atoms with Crippen LogP contribution in [0.25, 0.3) is 5.52 Å². The molecule has 1 saturated carbocycles. The molecule has 102 valence electrons. The van der Waals surface area contributed by atoms with Gasteiger partial charge in [-0.15, -0.1) is 0 Å². The van der Waals surface area contributed by atoms with Crippen molar-refractivity contribution in [3.63, 3.8) is 0 Å². The molecule has 6 heteroatoms. The molecule has 0 unspecified atom stereocenters. The van der Waals surface area contributed by atoms with Crippen molar-refractivity contribution in [2.24, 2.45) is 0 Å². The summed E-state index contributed by atoms with van der Waals surface area (Å²) in [4.78, 5) is 0. The number of hydrogen-bond acceptors (Lipinski definition) is 2. The van der Waals surface area contributed by atoms with Crippen LogP contribution in [0.3, 0.4) is 0 Å². The predicted octanol–water partition coefficient (Wildman–Crippen LogP) is 3.17. The lowest BCUT2D eigenvalue weighted by Gasteiger charge is -2.43. The first-order valence-corrected chi connectivity index (χ1v) is 7.35. The van der Waals surface area contributed by atoms with Gasteiger partial charge in [-0.25, -0.2) is 13.3 Å². The number of nitrogens with one attached hydrogen (secondary N) is 1. The largest absolute Gasteiger partial charge is 0.302 e. The van der Waals surface area contributed by atoms with Crippen molar-refractivity contribution in [3.05, 3.63) is 33.7 Å². The van der Waals surface area contributed by atoms with E-state index < -0.39 is 6.43 Å². The highest BCUT2D eigenvalue weighted by molar-refractivity contribution is 14.1. The maximum atomic E-state index is 12.4. The number of fused-ring (bicyclic) bond motifs is 1. The van der Waals surface area contributed by atoms with Crippen LogP contribution in [0.4, 0.5) is 8.78 Å². The highest BCUT2D eigenvalue weighted by atomic mass is 127. The molecule has 0 amide bonds. The Bertz CT molecular complexity index is 593. The van der Waals surface area contributed by atoms with Gasteiger partial charge < -0.3 is 5.32 Å². The Morgan fingerprint density at radius 2 is 2.21 bits per heavy atom. The standard InChI is InChI=1S/C13H14F2IN3/c14-12(15)7-17-13(4-1-5-13)9-2-3-11-10(16)6-18-19(11)8-9/h2-3,6,8,12,17H,1,4-5,7H2. The summed E-state index contributed by atoms with van der Waals surface area (Å²) < 4.78 is 27.7. The molecule has 1 N–H and O–H groups in total. The van der Waals surface area contributed by atoms with Crippen LogP contribution in [0.1, 0.15) is 24.8 Å². The minimum Gasteiger partial charge on any atom is -0.302 e. The van der Waals surface area contributed by atoms with Crippen LogP contribution in [-0.2, 0) is 5.54 Å². The van der Waals surface area contributed by atoms with E-state index in [4.69, 9.17) is 0 Å². The van der Waals surface area contributed by atoms with Crippen LogP contribution < -0.4 is 5.32 Å². The fraction of sp³-hybridized carbons (Fsp3) is 0.462. The Morgan fingerprint density at radius 3 is 2.84 bits per heavy atom. The van der Waals surface area contributed by atoms with Crippen molar-refractivity contribution in [1.82, 2.24) is 14.9 Å². The molecule has 0 radical (unpaired) electrons. The van der Waals surface area contributed by atoms with Crippen molar-refractivity contribution in [2.45, 2.75) is 31.2 Å². The number of hydrogen-bond donors (Lipinski definition) is 1. The van der Waals surface area contributed by atoms with Crippen LogP contribution in [0, 0.1) is 3.57 Å². The number of nitrogens with zero attached hydrogens (tertiary/aromatic N) is 2. The maximum absolute atomic E-state index is 12.4. The van der Waals surface area contributed by atoms with Crippen LogP contribution >= 0.6 is 22.6 Å². The molecule has 0 saturated heterocycles. The van der Waals surface area contributed by atoms with Gasteiger partial charge >= 0.3 is 0 Å². The van der Waals surface area contributed by atoms with Crippen LogP contribution in [-0.4, -0.2) is 22.6 Å². The molecule has 0 spiro atoms. The zero-order valence-corrected chi connectivity index (χ0v) is 12.4. The van der Waals surface area contributed by atoms with Crippen LogP contribution in [0.5, 0.6) is 0 Å². The molecule has 1 fully saturated rings. The van der Waals surface area contributed by atoms with Crippen molar-refractivity contribution in [3.8, 4) is 0 Å². The van der Waals surface area contributed by atoms with Gasteiger partial charge in [0.05, 0.1) is 21.8 Å². The van der Waals surface area contributed by atoms with Gasteiger partial charge in [0.15, 0.2) is 0 Å². The van der Waals surface area contributed by atoms with E-state index in [-0.39, 0.29) is 12.1 Å². The number of alkyl halides is 2. The quantitative estimate of drug-likeness (QED) is 0.830. The molecule has 1 aliphatic carbocycles. The molecule has 0 aliphatic heterocycles. The molecule has 2 aromatic rings. The SMILES string of the molecule is FC(F)CNC1(c2ccc3c(I)cnn3c2)CCC1. The van der Waals surface area contributed by atoms with Crippen molar-refractivity contribution in [2.75, 3.05) is 6.54 Å². The molecule has 2 heterocycles. The van der Waals surface area contributed by atoms with Gasteiger partial charge in [-0.1, -0.05) is 6.07 Å². The average molecular weight is 377 g/mol. The second-order valence-electron chi connectivity index (χ2n) is 4.95. The molecule has 3 rings (SSSR count). The molecule has 0 aromatic carbocycles. The summed E-state index contributed by atoms with van der Waals surface area (Å²) in [5.74, 6) is 0. The average Bonchev–Trinajstić information content (AvgIpc) is 2.69. The van der Waals surface area contributed by atoms with Gasteiger partial charge in [-0.05, 0) is 53.5 Å². The summed E-state index contributed by atoms with van der Waals surface area (Å²) in [6, 6.07) is 4.03. The van der Waals surface area contributed by atoms with Gasteiger partial charge in [-0.2, -0.15) is 5.10 Å². The second kappa shape index (κ2) is 4.97. The first-order valence-electron chi connectivity index (χ1n) is 6.27. The third-order valence-electron chi connectivity index (χ3n) is 3.82. The minimum atomic E-state index is -2.31. The molecular weight excluding hydrogens is 363 g/mol. The van der Waals surface area contributed by atoms with Crippen LogP contribution in [0.2, 0.25) is 0 Å². The van der Waals surface area contributed by atoms with Gasteiger partial charge in [0, 0.05) is 11.7 Å². The fourth-order valence-electron chi connectivity index (χ4n) is 2.61. The lowest BCUT2D eigenvalue weighted by atomic mass is 9.72. The first kappa shape index (κ1) is 13.2. The second-order valence-corrected chi connectivity index (χ2v) is 6.11. The number of pyridine rings is 1. The Balaban J connectivity index is 1.92. The summed E-state index contributed by atoms with van der Waals surface area (Å²) in [6.07, 6.45) is 4.33. The van der Waals surface area contributed by atoms with Gasteiger partial charge in [0.25, 0.3) is 6.43 Å². The van der Waals surface area contributed by atoms with E-state index >= 15 is 0 Å². The molecule has 0 atom stereocenters. The minimum absolute atomic E-state index is 0.255. The summed E-state index contributed by atoms with van der Waals surface area (Å²) >= 11 is 2.24. The molecule has 19 heavy (non-hydrogen) atoms. The summed E-state index contributed by atoms with van der Waals surface area (Å²) in [5, 5.41) is 7.31. The summed E-state index contributed by atoms with van der Waals surface area (Å²) in [6.45, 7) is -0.255. The van der Waals surface area contributed by atoms with Crippen molar-refractivity contribution >= 4 is 28.1 Å². The maximum Gasteiger partial charge on any atom is 0.250 e. The lowest BCUT2D eigenvalue weighted by molar-refractivity contribution is 0.102. The van der Waals surface area contributed by atoms with E-state index in [0.29, 0.717) is 0 Å². The zero-order chi connectivity index (χ0) is 13.5. The Kier molecular flexibility index (Phi) is 3.46. The van der Waals surface area contributed by atoms with Gasteiger partial charge in [0.2, 0.25) is 0 Å². The number of aromatic nitrogens is 2. The van der Waals surface area contributed by atoms with E-state index in [2.05, 4.69) is 33.0 Å². The van der Waals surface area contributed by atoms with Crippen molar-refractivity contribution in [1.29, 1.82) is 0 Å². The topological polar surface area (TPSA) is 29.3 Å². The molecule has 2 aromatic heterocycles. The molecular formula is C13H14F2IN3. The van der Waals surface area contributed by atoms with E-state index in [1.165, 1.54) is 0 Å². The zero-order valence-electron chi connectivity index (χ0n) is 10.2. The van der Waals surface area contributed by atoms with Crippen molar-refractivity contribution < 1.29 is 8.78 Å². The monoisotopic (exact) mass is 377 g/mol. The first-order chi connectivity index (χ1) is 9.11. The molecule has 0 bridgehead atoms. The lowest BCUT2D eigenvalue weighted by Crippen LogP contribution is -2.49. The smallest absolute Gasteiger partial charge is 0.250 e. The molecule has 1 aliphatic rings. The van der Waals surface area contributed by atoms with E-state index in [1.807, 2.05) is 22.8 Å². The molecule has 3 nitrogen and oxygen atoms in total. The predicted molar refractivity (Wildman–Crippen MR) is 77.4 cm³/mol. The van der Waals surface area contributed by atoms with Crippen LogP contribution in [0.15, 0.2) is 24.5 Å². The number of rotatable bonds is 4. The van der Waals surface area contributed by atoms with E-state index in [1.54, 1.807) is 6.20 Å². The Morgan fingerprint density at radius 1 is 1.42 bits per heavy atom. The third-order valence-corrected chi connectivity index (χ3v) is 4.65. The van der Waals surface area contributed by atoms with Gasteiger partial charge in [0.1, 0.15) is 0 Å². The Hall–Kier alpha value is -0.760. The van der Waals surface area contributed by atoms with Gasteiger partial charge in [-0.3, -0.25) is 0 Å². The summed E-state index contributed by atoms with van der Waals surface area (Å²) in [7, 11) is 0. The summed E-state index contributed by atoms with van der Waals surface area (Å²) in [5.41, 5.74) is 1.81. The third kappa shape index (κ3) is 2.35. The fourth-order valence-corrected chi connectivity index (χ4v) is 3.16. The normalized spacial score (nSPS) is 17.9.